The Hall–Kier alpha value is -2.78. The van der Waals surface area contributed by atoms with Crippen molar-refractivity contribution in [1.29, 1.82) is 0 Å². The number of guanidine groups is 1. The van der Waals surface area contributed by atoms with Crippen molar-refractivity contribution in [3.63, 3.8) is 0 Å². The van der Waals surface area contributed by atoms with E-state index < -0.39 is 11.7 Å². The molecule has 0 spiro atoms. The summed E-state index contributed by atoms with van der Waals surface area (Å²) >= 11 is 0. The summed E-state index contributed by atoms with van der Waals surface area (Å²) in [6, 6.07) is 5.45. The van der Waals surface area contributed by atoms with Crippen molar-refractivity contribution in [3.8, 4) is 0 Å². The molecule has 0 atom stereocenters. The molecule has 7 nitrogen and oxygen atoms in total. The van der Waals surface area contributed by atoms with Crippen LogP contribution in [0, 0.1) is 0 Å². The molecule has 0 radical (unpaired) electrons. The normalized spacial score (nSPS) is 16.2. The lowest BCUT2D eigenvalue weighted by molar-refractivity contribution is -0.137. The van der Waals surface area contributed by atoms with Gasteiger partial charge in [0.05, 0.1) is 12.1 Å². The van der Waals surface area contributed by atoms with Crippen molar-refractivity contribution in [2.45, 2.75) is 38.9 Å². The van der Waals surface area contributed by atoms with Gasteiger partial charge in [-0.25, -0.2) is 0 Å². The van der Waals surface area contributed by atoms with Crippen molar-refractivity contribution in [2.24, 2.45) is 4.99 Å². The maximum absolute atomic E-state index is 13.0. The average molecular weight is 424 g/mol. The highest BCUT2D eigenvalue weighted by Gasteiger charge is 2.31. The Labute approximate surface area is 174 Å². The number of anilines is 1. The number of hydrogen-bond acceptors (Lipinski definition) is 5. The van der Waals surface area contributed by atoms with Gasteiger partial charge in [0.1, 0.15) is 0 Å². The molecule has 30 heavy (non-hydrogen) atoms. The van der Waals surface area contributed by atoms with Crippen LogP contribution < -0.4 is 10.2 Å². The Kier molecular flexibility index (Phi) is 6.23. The van der Waals surface area contributed by atoms with E-state index in [1.165, 1.54) is 12.1 Å². The molecule has 2 aromatic rings. The number of halogens is 3. The fraction of sp³-hybridized carbons (Fsp3) is 0.550. The SMILES string of the molecule is CN=C(NCc1noc(C(C)(C)C)n1)N1CCN(c2cccc(C(F)(F)F)c2)CC1. The van der Waals surface area contributed by atoms with Crippen LogP contribution in [-0.2, 0) is 18.1 Å². The summed E-state index contributed by atoms with van der Waals surface area (Å²) in [4.78, 5) is 12.7. The zero-order valence-electron chi connectivity index (χ0n) is 17.6. The number of aliphatic imine (C=N–C) groups is 1. The van der Waals surface area contributed by atoms with E-state index in [2.05, 4.69) is 25.3 Å². The van der Waals surface area contributed by atoms with Gasteiger partial charge in [-0.2, -0.15) is 18.2 Å². The van der Waals surface area contributed by atoms with E-state index in [0.29, 0.717) is 56.1 Å². The van der Waals surface area contributed by atoms with Crippen LogP contribution in [0.3, 0.4) is 0 Å². The summed E-state index contributed by atoms with van der Waals surface area (Å²) in [6.07, 6.45) is -4.34. The van der Waals surface area contributed by atoms with Gasteiger partial charge >= 0.3 is 6.18 Å². The van der Waals surface area contributed by atoms with Crippen LogP contribution in [0.2, 0.25) is 0 Å². The van der Waals surface area contributed by atoms with Gasteiger partial charge < -0.3 is 19.6 Å². The monoisotopic (exact) mass is 424 g/mol. The van der Waals surface area contributed by atoms with Crippen molar-refractivity contribution in [2.75, 3.05) is 38.1 Å². The smallest absolute Gasteiger partial charge is 0.368 e. The molecule has 3 rings (SSSR count). The second kappa shape index (κ2) is 8.53. The van der Waals surface area contributed by atoms with Crippen LogP contribution in [0.25, 0.3) is 0 Å². The Morgan fingerprint density at radius 1 is 1.17 bits per heavy atom. The minimum absolute atomic E-state index is 0.216. The van der Waals surface area contributed by atoms with Gasteiger partial charge in [0, 0.05) is 44.3 Å². The van der Waals surface area contributed by atoms with E-state index in [9.17, 15) is 13.2 Å². The second-order valence-corrected chi connectivity index (χ2v) is 8.19. The zero-order valence-corrected chi connectivity index (χ0v) is 17.6. The Bertz CT molecular complexity index is 879. The van der Waals surface area contributed by atoms with E-state index in [1.807, 2.05) is 25.7 Å². The van der Waals surface area contributed by atoms with Crippen LogP contribution >= 0.6 is 0 Å². The van der Waals surface area contributed by atoms with Crippen LogP contribution in [-0.4, -0.2) is 54.2 Å². The molecule has 1 saturated heterocycles. The number of nitrogens with zero attached hydrogens (tertiary/aromatic N) is 5. The highest BCUT2D eigenvalue weighted by atomic mass is 19.4. The first kappa shape index (κ1) is 21.9. The minimum atomic E-state index is -4.34. The minimum Gasteiger partial charge on any atom is -0.368 e. The van der Waals surface area contributed by atoms with Gasteiger partial charge in [0.25, 0.3) is 0 Å². The lowest BCUT2D eigenvalue weighted by Gasteiger charge is -2.37. The first-order chi connectivity index (χ1) is 14.1. The topological polar surface area (TPSA) is 69.8 Å². The average Bonchev–Trinajstić information content (AvgIpc) is 3.18. The number of alkyl halides is 3. The van der Waals surface area contributed by atoms with Crippen LogP contribution in [0.5, 0.6) is 0 Å². The summed E-state index contributed by atoms with van der Waals surface area (Å²) in [5, 5.41) is 7.22. The van der Waals surface area contributed by atoms with Crippen molar-refractivity contribution < 1.29 is 17.7 Å². The second-order valence-electron chi connectivity index (χ2n) is 8.19. The highest BCUT2D eigenvalue weighted by Crippen LogP contribution is 2.31. The molecule has 0 aliphatic carbocycles. The highest BCUT2D eigenvalue weighted by molar-refractivity contribution is 5.80. The van der Waals surface area contributed by atoms with E-state index in [0.717, 1.165) is 6.07 Å². The zero-order chi connectivity index (χ0) is 21.9. The van der Waals surface area contributed by atoms with E-state index in [4.69, 9.17) is 4.52 Å². The van der Waals surface area contributed by atoms with E-state index >= 15 is 0 Å². The summed E-state index contributed by atoms with van der Waals surface area (Å²) < 4.78 is 44.2. The fourth-order valence-electron chi connectivity index (χ4n) is 3.18. The number of aromatic nitrogens is 2. The Balaban J connectivity index is 1.56. The van der Waals surface area contributed by atoms with E-state index in [1.54, 1.807) is 13.1 Å². The predicted molar refractivity (Wildman–Crippen MR) is 108 cm³/mol. The van der Waals surface area contributed by atoms with Crippen LogP contribution in [0.4, 0.5) is 18.9 Å². The summed E-state index contributed by atoms with van der Waals surface area (Å²) in [5.74, 6) is 1.81. The largest absolute Gasteiger partial charge is 0.416 e. The Morgan fingerprint density at radius 2 is 1.87 bits per heavy atom. The molecule has 1 aromatic heterocycles. The molecule has 0 bridgehead atoms. The maximum Gasteiger partial charge on any atom is 0.416 e. The first-order valence-electron chi connectivity index (χ1n) is 9.79. The summed E-state index contributed by atoms with van der Waals surface area (Å²) in [7, 11) is 1.69. The van der Waals surface area contributed by atoms with Gasteiger partial charge in [-0.05, 0) is 18.2 Å². The molecule has 0 saturated carbocycles. The fourth-order valence-corrected chi connectivity index (χ4v) is 3.18. The van der Waals surface area contributed by atoms with E-state index in [-0.39, 0.29) is 5.41 Å². The summed E-state index contributed by atoms with van der Waals surface area (Å²) in [5.41, 5.74) is -0.268. The molecule has 1 aliphatic heterocycles. The van der Waals surface area contributed by atoms with Gasteiger partial charge in [-0.15, -0.1) is 0 Å². The number of hydrogen-bond donors (Lipinski definition) is 1. The standard InChI is InChI=1S/C20H27F3N6O/c1-19(2,3)17-26-16(27-30-17)13-25-18(24-4)29-10-8-28(9-11-29)15-7-5-6-14(12-15)20(21,22)23/h5-7,12H,8-11,13H2,1-4H3,(H,24,25). The van der Waals surface area contributed by atoms with Gasteiger partial charge in [0.2, 0.25) is 5.89 Å². The van der Waals surface area contributed by atoms with Gasteiger partial charge in [-0.1, -0.05) is 32.0 Å². The molecule has 1 aromatic carbocycles. The number of benzene rings is 1. The predicted octanol–water partition coefficient (Wildman–Crippen LogP) is 3.28. The molecule has 0 amide bonds. The lowest BCUT2D eigenvalue weighted by atomic mass is 9.97. The molecule has 1 N–H and O–H groups in total. The number of nitrogens with one attached hydrogen (secondary N) is 1. The molecule has 0 unspecified atom stereocenters. The van der Waals surface area contributed by atoms with Crippen molar-refractivity contribution in [1.82, 2.24) is 20.4 Å². The number of piperazine rings is 1. The van der Waals surface area contributed by atoms with Gasteiger partial charge in [0.15, 0.2) is 11.8 Å². The van der Waals surface area contributed by atoms with Crippen LogP contribution in [0.15, 0.2) is 33.8 Å². The van der Waals surface area contributed by atoms with Crippen LogP contribution in [0.1, 0.15) is 38.0 Å². The molecule has 2 heterocycles. The summed E-state index contributed by atoms with van der Waals surface area (Å²) in [6.45, 7) is 8.84. The third kappa shape index (κ3) is 5.22. The number of rotatable bonds is 3. The molecular formula is C20H27F3N6O. The third-order valence-electron chi connectivity index (χ3n) is 4.84. The van der Waals surface area contributed by atoms with Gasteiger partial charge in [-0.3, -0.25) is 4.99 Å². The van der Waals surface area contributed by atoms with Crippen molar-refractivity contribution >= 4 is 11.6 Å². The van der Waals surface area contributed by atoms with Crippen molar-refractivity contribution in [3.05, 3.63) is 41.5 Å². The molecular weight excluding hydrogens is 397 g/mol. The molecule has 164 valence electrons. The Morgan fingerprint density at radius 3 is 2.43 bits per heavy atom. The molecule has 1 aliphatic rings. The quantitative estimate of drug-likeness (QED) is 0.602. The molecule has 1 fully saturated rings. The molecule has 10 heteroatoms. The lowest BCUT2D eigenvalue weighted by Crippen LogP contribution is -2.52. The maximum atomic E-state index is 13.0. The third-order valence-corrected chi connectivity index (χ3v) is 4.84. The first-order valence-corrected chi connectivity index (χ1v) is 9.79.